The Bertz CT molecular complexity index is 215. The minimum Gasteiger partial charge on any atom is -0.353 e. The zero-order valence-corrected chi connectivity index (χ0v) is 8.34. The predicted molar refractivity (Wildman–Crippen MR) is 51.3 cm³/mol. The topological polar surface area (TPSA) is 41.1 Å². The van der Waals surface area contributed by atoms with Crippen LogP contribution in [-0.4, -0.2) is 24.0 Å². The van der Waals surface area contributed by atoms with E-state index in [1.807, 2.05) is 13.8 Å². The molecule has 0 aromatic carbocycles. The summed E-state index contributed by atoms with van der Waals surface area (Å²) in [6.45, 7) is 4.01. The Morgan fingerprint density at radius 1 is 1.46 bits per heavy atom. The van der Waals surface area contributed by atoms with Gasteiger partial charge in [0.05, 0.1) is 6.04 Å². The second-order valence-corrected chi connectivity index (χ2v) is 4.58. The predicted octanol–water partition coefficient (Wildman–Crippen LogP) is 0.651. The first kappa shape index (κ1) is 9.00. The fourth-order valence-corrected chi connectivity index (χ4v) is 2.52. The Hall–Kier alpha value is -0.570. The molecule has 1 saturated heterocycles. The summed E-state index contributed by atoms with van der Waals surface area (Å²) in [7, 11) is 0. The van der Waals surface area contributed by atoms with Gasteiger partial charge in [0.15, 0.2) is 0 Å². The van der Waals surface area contributed by atoms with E-state index in [2.05, 4.69) is 10.6 Å². The van der Waals surface area contributed by atoms with Crippen molar-refractivity contribution >= 4 is 5.91 Å². The largest absolute Gasteiger partial charge is 0.353 e. The Morgan fingerprint density at radius 3 is 2.69 bits per heavy atom. The smallest absolute Gasteiger partial charge is 0.237 e. The summed E-state index contributed by atoms with van der Waals surface area (Å²) in [5.41, 5.74) is 0. The van der Waals surface area contributed by atoms with Crippen molar-refractivity contribution in [1.29, 1.82) is 0 Å². The SMILES string of the molecule is CC(C)NC(=O)C1NC2CCC1C2. The third-order valence-electron chi connectivity index (χ3n) is 3.07. The second-order valence-electron chi connectivity index (χ2n) is 4.58. The lowest BCUT2D eigenvalue weighted by Gasteiger charge is -2.23. The average molecular weight is 182 g/mol. The fraction of sp³-hybridized carbons (Fsp3) is 0.900. The van der Waals surface area contributed by atoms with Crippen molar-refractivity contribution < 1.29 is 4.79 Å². The molecular formula is C10H18N2O. The average Bonchev–Trinajstić information content (AvgIpc) is 2.62. The van der Waals surface area contributed by atoms with E-state index in [0.717, 1.165) is 0 Å². The molecule has 0 aromatic rings. The number of hydrogen-bond donors (Lipinski definition) is 2. The summed E-state index contributed by atoms with van der Waals surface area (Å²) in [5, 5.41) is 6.35. The molecule has 1 saturated carbocycles. The van der Waals surface area contributed by atoms with Crippen molar-refractivity contribution in [2.75, 3.05) is 0 Å². The first-order valence-corrected chi connectivity index (χ1v) is 5.23. The Labute approximate surface area is 79.3 Å². The zero-order valence-electron chi connectivity index (χ0n) is 8.34. The molecule has 3 unspecified atom stereocenters. The lowest BCUT2D eigenvalue weighted by atomic mass is 9.99. The Morgan fingerprint density at radius 2 is 2.23 bits per heavy atom. The summed E-state index contributed by atoms with van der Waals surface area (Å²) < 4.78 is 0. The number of fused-ring (bicyclic) bond motifs is 2. The molecular weight excluding hydrogens is 164 g/mol. The summed E-state index contributed by atoms with van der Waals surface area (Å²) in [6, 6.07) is 0.975. The normalized spacial score (nSPS) is 37.0. The van der Waals surface area contributed by atoms with Gasteiger partial charge in [-0.25, -0.2) is 0 Å². The van der Waals surface area contributed by atoms with Crippen LogP contribution >= 0.6 is 0 Å². The van der Waals surface area contributed by atoms with Crippen LogP contribution in [0.5, 0.6) is 0 Å². The van der Waals surface area contributed by atoms with Crippen molar-refractivity contribution in [3.05, 3.63) is 0 Å². The highest BCUT2D eigenvalue weighted by Gasteiger charge is 2.42. The minimum atomic E-state index is 0.0983. The van der Waals surface area contributed by atoms with E-state index in [9.17, 15) is 4.79 Å². The molecule has 3 nitrogen and oxygen atoms in total. The lowest BCUT2D eigenvalue weighted by Crippen LogP contribution is -2.49. The van der Waals surface area contributed by atoms with Gasteiger partial charge in [-0.1, -0.05) is 0 Å². The number of hydrogen-bond acceptors (Lipinski definition) is 2. The molecule has 2 rings (SSSR count). The molecule has 1 aliphatic carbocycles. The van der Waals surface area contributed by atoms with Gasteiger partial charge in [-0.2, -0.15) is 0 Å². The maximum atomic E-state index is 11.7. The number of carbonyl (C=O) groups excluding carboxylic acids is 1. The molecule has 74 valence electrons. The van der Waals surface area contributed by atoms with Gasteiger partial charge in [0.2, 0.25) is 5.91 Å². The lowest BCUT2D eigenvalue weighted by molar-refractivity contribution is -0.124. The van der Waals surface area contributed by atoms with Crippen LogP contribution in [-0.2, 0) is 4.79 Å². The molecule has 2 N–H and O–H groups in total. The van der Waals surface area contributed by atoms with Crippen molar-refractivity contribution in [3.63, 3.8) is 0 Å². The van der Waals surface area contributed by atoms with Gasteiger partial charge < -0.3 is 10.6 Å². The first-order chi connectivity index (χ1) is 6.16. The summed E-state index contributed by atoms with van der Waals surface area (Å²) >= 11 is 0. The maximum Gasteiger partial charge on any atom is 0.237 e. The molecule has 3 heteroatoms. The molecule has 0 spiro atoms. The van der Waals surface area contributed by atoms with Crippen molar-refractivity contribution in [1.82, 2.24) is 10.6 Å². The quantitative estimate of drug-likeness (QED) is 0.658. The standard InChI is InChI=1S/C10H18N2O/c1-6(2)11-10(13)9-7-3-4-8(5-7)12-9/h6-9,12H,3-5H2,1-2H3,(H,11,13). The van der Waals surface area contributed by atoms with Gasteiger partial charge in [0.25, 0.3) is 0 Å². The van der Waals surface area contributed by atoms with Crippen molar-refractivity contribution in [2.24, 2.45) is 5.92 Å². The summed E-state index contributed by atoms with van der Waals surface area (Å²) in [6.07, 6.45) is 3.69. The van der Waals surface area contributed by atoms with Crippen LogP contribution in [0, 0.1) is 5.92 Å². The van der Waals surface area contributed by atoms with Gasteiger partial charge in [-0.3, -0.25) is 4.79 Å². The summed E-state index contributed by atoms with van der Waals surface area (Å²) in [5.74, 6) is 0.797. The number of carbonyl (C=O) groups is 1. The van der Waals surface area contributed by atoms with Gasteiger partial charge >= 0.3 is 0 Å². The highest BCUT2D eigenvalue weighted by atomic mass is 16.2. The third-order valence-corrected chi connectivity index (χ3v) is 3.07. The van der Waals surface area contributed by atoms with Gasteiger partial charge in [-0.05, 0) is 39.0 Å². The van der Waals surface area contributed by atoms with Gasteiger partial charge in [0, 0.05) is 12.1 Å². The summed E-state index contributed by atoms with van der Waals surface area (Å²) in [4.78, 5) is 11.7. The molecule has 1 amide bonds. The van der Waals surface area contributed by atoms with E-state index >= 15 is 0 Å². The van der Waals surface area contributed by atoms with Crippen LogP contribution in [0.1, 0.15) is 33.1 Å². The Balaban J connectivity index is 1.91. The van der Waals surface area contributed by atoms with Crippen LogP contribution in [0.15, 0.2) is 0 Å². The molecule has 3 atom stereocenters. The molecule has 2 aliphatic rings. The number of piperidine rings is 1. The van der Waals surface area contributed by atoms with Crippen LogP contribution in [0.2, 0.25) is 0 Å². The number of nitrogens with one attached hydrogen (secondary N) is 2. The minimum absolute atomic E-state index is 0.0983. The van der Waals surface area contributed by atoms with Gasteiger partial charge in [-0.15, -0.1) is 0 Å². The van der Waals surface area contributed by atoms with Crippen LogP contribution in [0.25, 0.3) is 0 Å². The molecule has 2 bridgehead atoms. The molecule has 13 heavy (non-hydrogen) atoms. The number of amides is 1. The molecule has 0 radical (unpaired) electrons. The van der Waals surface area contributed by atoms with E-state index in [1.54, 1.807) is 0 Å². The van der Waals surface area contributed by atoms with E-state index < -0.39 is 0 Å². The maximum absolute atomic E-state index is 11.7. The van der Waals surface area contributed by atoms with E-state index in [-0.39, 0.29) is 18.0 Å². The molecule has 2 fully saturated rings. The van der Waals surface area contributed by atoms with Crippen molar-refractivity contribution in [3.8, 4) is 0 Å². The van der Waals surface area contributed by atoms with Crippen LogP contribution in [0.3, 0.4) is 0 Å². The van der Waals surface area contributed by atoms with E-state index in [0.29, 0.717) is 12.0 Å². The van der Waals surface area contributed by atoms with Gasteiger partial charge in [0.1, 0.15) is 0 Å². The highest BCUT2D eigenvalue weighted by molar-refractivity contribution is 5.82. The van der Waals surface area contributed by atoms with Crippen LogP contribution in [0.4, 0.5) is 0 Å². The second kappa shape index (κ2) is 3.29. The molecule has 0 aromatic heterocycles. The highest BCUT2D eigenvalue weighted by Crippen LogP contribution is 2.35. The van der Waals surface area contributed by atoms with E-state index in [4.69, 9.17) is 0 Å². The first-order valence-electron chi connectivity index (χ1n) is 5.23. The third kappa shape index (κ3) is 1.70. The van der Waals surface area contributed by atoms with Crippen molar-refractivity contribution in [2.45, 2.75) is 51.2 Å². The molecule has 1 heterocycles. The van der Waals surface area contributed by atoms with Crippen LogP contribution < -0.4 is 10.6 Å². The fourth-order valence-electron chi connectivity index (χ4n) is 2.52. The monoisotopic (exact) mass is 182 g/mol. The van der Waals surface area contributed by atoms with E-state index in [1.165, 1.54) is 19.3 Å². The molecule has 1 aliphatic heterocycles. The zero-order chi connectivity index (χ0) is 9.42. The number of rotatable bonds is 2. The Kier molecular flexibility index (Phi) is 2.28.